The molecule has 0 saturated heterocycles. The SMILES string of the molecule is CCOC(=O)c1ccc(C(=O)Nc2ccc(I)cc2Cl)nc1C. The summed E-state index contributed by atoms with van der Waals surface area (Å²) in [7, 11) is 0. The number of carbonyl (C=O) groups is 2. The molecule has 0 aliphatic heterocycles. The molecule has 0 aliphatic carbocycles. The number of anilines is 1. The predicted octanol–water partition coefficient (Wildman–Crippen LogP) is 4.08. The van der Waals surface area contributed by atoms with Crippen LogP contribution in [0.25, 0.3) is 0 Å². The Hall–Kier alpha value is -1.67. The first-order valence-corrected chi connectivity index (χ1v) is 8.29. The van der Waals surface area contributed by atoms with Gasteiger partial charge in [-0.3, -0.25) is 4.79 Å². The van der Waals surface area contributed by atoms with Crippen molar-refractivity contribution in [3.05, 3.63) is 55.9 Å². The van der Waals surface area contributed by atoms with Gasteiger partial charge in [-0.2, -0.15) is 0 Å². The highest BCUT2D eigenvalue weighted by Crippen LogP contribution is 2.24. The maximum absolute atomic E-state index is 12.3. The lowest BCUT2D eigenvalue weighted by atomic mass is 10.2. The van der Waals surface area contributed by atoms with Gasteiger partial charge in [0.2, 0.25) is 0 Å². The van der Waals surface area contributed by atoms with Gasteiger partial charge in [0.05, 0.1) is 28.6 Å². The number of amides is 1. The van der Waals surface area contributed by atoms with Crippen molar-refractivity contribution in [2.45, 2.75) is 13.8 Å². The van der Waals surface area contributed by atoms with E-state index in [4.69, 9.17) is 16.3 Å². The molecule has 1 heterocycles. The molecule has 2 rings (SSSR count). The summed E-state index contributed by atoms with van der Waals surface area (Å²) in [6.45, 7) is 3.67. The summed E-state index contributed by atoms with van der Waals surface area (Å²) in [6.07, 6.45) is 0. The lowest BCUT2D eigenvalue weighted by molar-refractivity contribution is 0.0524. The predicted molar refractivity (Wildman–Crippen MR) is 97.1 cm³/mol. The van der Waals surface area contributed by atoms with Gasteiger partial charge >= 0.3 is 5.97 Å². The summed E-state index contributed by atoms with van der Waals surface area (Å²) in [5, 5.41) is 3.15. The van der Waals surface area contributed by atoms with E-state index in [1.54, 1.807) is 26.0 Å². The van der Waals surface area contributed by atoms with Gasteiger partial charge < -0.3 is 10.1 Å². The Morgan fingerprint density at radius 3 is 2.65 bits per heavy atom. The van der Waals surface area contributed by atoms with Gasteiger partial charge in [-0.1, -0.05) is 11.6 Å². The second-order valence-corrected chi connectivity index (χ2v) is 6.28. The summed E-state index contributed by atoms with van der Waals surface area (Å²) in [4.78, 5) is 28.2. The number of aromatic nitrogens is 1. The third-order valence-electron chi connectivity index (χ3n) is 2.99. The van der Waals surface area contributed by atoms with Crippen molar-refractivity contribution in [2.24, 2.45) is 0 Å². The summed E-state index contributed by atoms with van der Waals surface area (Å²) in [6, 6.07) is 8.33. The maximum Gasteiger partial charge on any atom is 0.339 e. The topological polar surface area (TPSA) is 68.3 Å². The van der Waals surface area contributed by atoms with Crippen LogP contribution in [0, 0.1) is 10.5 Å². The number of nitrogens with zero attached hydrogens (tertiary/aromatic N) is 1. The summed E-state index contributed by atoms with van der Waals surface area (Å²) in [5.41, 5.74) is 1.48. The van der Waals surface area contributed by atoms with E-state index in [1.807, 2.05) is 6.07 Å². The number of rotatable bonds is 4. The van der Waals surface area contributed by atoms with E-state index in [1.165, 1.54) is 12.1 Å². The number of benzene rings is 1. The van der Waals surface area contributed by atoms with Crippen molar-refractivity contribution >= 4 is 51.8 Å². The van der Waals surface area contributed by atoms with Crippen LogP contribution in [0.5, 0.6) is 0 Å². The molecule has 0 aliphatic rings. The number of halogens is 2. The number of hydrogen-bond donors (Lipinski definition) is 1. The largest absolute Gasteiger partial charge is 0.462 e. The molecule has 0 fully saturated rings. The molecule has 23 heavy (non-hydrogen) atoms. The minimum absolute atomic E-state index is 0.199. The van der Waals surface area contributed by atoms with Crippen LogP contribution in [0.15, 0.2) is 30.3 Å². The van der Waals surface area contributed by atoms with E-state index in [0.717, 1.165) is 3.57 Å². The molecule has 0 atom stereocenters. The Balaban J connectivity index is 2.20. The minimum Gasteiger partial charge on any atom is -0.462 e. The third-order valence-corrected chi connectivity index (χ3v) is 3.98. The molecule has 0 bridgehead atoms. The van der Waals surface area contributed by atoms with Gasteiger partial charge in [0.15, 0.2) is 0 Å². The molecule has 1 amide bonds. The zero-order valence-corrected chi connectivity index (χ0v) is 15.4. The molecule has 7 heteroatoms. The first-order chi connectivity index (χ1) is 10.9. The highest BCUT2D eigenvalue weighted by Gasteiger charge is 2.15. The number of hydrogen-bond acceptors (Lipinski definition) is 4. The van der Waals surface area contributed by atoms with Gasteiger partial charge in [0, 0.05) is 3.57 Å². The van der Waals surface area contributed by atoms with E-state index in [0.29, 0.717) is 22.0 Å². The smallest absolute Gasteiger partial charge is 0.339 e. The van der Waals surface area contributed by atoms with Crippen LogP contribution >= 0.6 is 34.2 Å². The molecule has 1 aromatic heterocycles. The number of nitrogens with one attached hydrogen (secondary N) is 1. The average molecular weight is 445 g/mol. The number of pyridine rings is 1. The van der Waals surface area contributed by atoms with Crippen LogP contribution in [0.2, 0.25) is 5.02 Å². The third kappa shape index (κ3) is 4.42. The van der Waals surface area contributed by atoms with E-state index < -0.39 is 11.9 Å². The highest BCUT2D eigenvalue weighted by molar-refractivity contribution is 14.1. The Morgan fingerprint density at radius 2 is 2.04 bits per heavy atom. The van der Waals surface area contributed by atoms with Crippen molar-refractivity contribution in [1.29, 1.82) is 0 Å². The Labute approximate surface area is 152 Å². The number of aryl methyl sites for hydroxylation is 1. The lowest BCUT2D eigenvalue weighted by Crippen LogP contribution is -2.16. The van der Waals surface area contributed by atoms with Crippen LogP contribution in [0.1, 0.15) is 33.5 Å². The van der Waals surface area contributed by atoms with Crippen molar-refractivity contribution in [3.63, 3.8) is 0 Å². The zero-order valence-electron chi connectivity index (χ0n) is 12.5. The van der Waals surface area contributed by atoms with Crippen LogP contribution in [-0.2, 0) is 4.74 Å². The average Bonchev–Trinajstić information content (AvgIpc) is 2.50. The van der Waals surface area contributed by atoms with Crippen LogP contribution in [0.3, 0.4) is 0 Å². The lowest BCUT2D eigenvalue weighted by Gasteiger charge is -2.09. The molecular weight excluding hydrogens is 431 g/mol. The van der Waals surface area contributed by atoms with Crippen LogP contribution in [0.4, 0.5) is 5.69 Å². The first kappa shape index (κ1) is 17.7. The second kappa shape index (κ2) is 7.74. The van der Waals surface area contributed by atoms with Gasteiger partial charge in [-0.05, 0) is 66.8 Å². The summed E-state index contributed by atoms with van der Waals surface area (Å²) >= 11 is 8.23. The van der Waals surface area contributed by atoms with Gasteiger partial charge in [-0.15, -0.1) is 0 Å². The number of ether oxygens (including phenoxy) is 1. The Bertz CT molecular complexity index is 765. The molecule has 0 spiro atoms. The molecule has 0 radical (unpaired) electrons. The molecule has 1 N–H and O–H groups in total. The van der Waals surface area contributed by atoms with Gasteiger partial charge in [0.25, 0.3) is 5.91 Å². The molecule has 5 nitrogen and oxygen atoms in total. The molecule has 120 valence electrons. The number of esters is 1. The van der Waals surface area contributed by atoms with Crippen molar-refractivity contribution < 1.29 is 14.3 Å². The second-order valence-electron chi connectivity index (χ2n) is 4.63. The van der Waals surface area contributed by atoms with Gasteiger partial charge in [0.1, 0.15) is 5.69 Å². The highest BCUT2D eigenvalue weighted by atomic mass is 127. The monoisotopic (exact) mass is 444 g/mol. The van der Waals surface area contributed by atoms with Gasteiger partial charge in [-0.25, -0.2) is 9.78 Å². The summed E-state index contributed by atoms with van der Waals surface area (Å²) in [5.74, 6) is -0.850. The van der Waals surface area contributed by atoms with E-state index in [2.05, 4.69) is 32.9 Å². The first-order valence-electron chi connectivity index (χ1n) is 6.83. The molecule has 2 aromatic rings. The van der Waals surface area contributed by atoms with E-state index in [-0.39, 0.29) is 12.3 Å². The Morgan fingerprint density at radius 1 is 1.30 bits per heavy atom. The fraction of sp³-hybridized carbons (Fsp3) is 0.188. The quantitative estimate of drug-likeness (QED) is 0.570. The normalized spacial score (nSPS) is 10.3. The van der Waals surface area contributed by atoms with Crippen molar-refractivity contribution in [1.82, 2.24) is 4.98 Å². The van der Waals surface area contributed by atoms with Crippen molar-refractivity contribution in [3.8, 4) is 0 Å². The molecule has 0 saturated carbocycles. The zero-order chi connectivity index (χ0) is 17.0. The number of carbonyl (C=O) groups excluding carboxylic acids is 2. The minimum atomic E-state index is -0.454. The maximum atomic E-state index is 12.3. The van der Waals surface area contributed by atoms with Crippen molar-refractivity contribution in [2.75, 3.05) is 11.9 Å². The molecular formula is C16H14ClIN2O3. The standard InChI is InChI=1S/C16H14ClIN2O3/c1-3-23-16(22)11-5-7-14(19-9(11)2)15(21)20-13-6-4-10(18)8-12(13)17/h4-8H,3H2,1-2H3,(H,20,21). The Kier molecular flexibility index (Phi) is 5.95. The van der Waals surface area contributed by atoms with Crippen LogP contribution in [-0.4, -0.2) is 23.5 Å². The molecule has 1 aromatic carbocycles. The fourth-order valence-electron chi connectivity index (χ4n) is 1.89. The fourth-order valence-corrected chi connectivity index (χ4v) is 2.79. The summed E-state index contributed by atoms with van der Waals surface area (Å²) < 4.78 is 5.90. The van der Waals surface area contributed by atoms with Crippen LogP contribution < -0.4 is 5.32 Å². The van der Waals surface area contributed by atoms with E-state index >= 15 is 0 Å². The molecule has 0 unspecified atom stereocenters. The van der Waals surface area contributed by atoms with E-state index in [9.17, 15) is 9.59 Å².